The fraction of sp³-hybridized carbons (Fsp3) is 0.269. The Balaban J connectivity index is 1.91. The summed E-state index contributed by atoms with van der Waals surface area (Å²) in [4.78, 5) is 13.3. The highest BCUT2D eigenvalue weighted by molar-refractivity contribution is 5.96. The van der Waals surface area contributed by atoms with E-state index in [2.05, 4.69) is 5.32 Å². The lowest BCUT2D eigenvalue weighted by Crippen LogP contribution is -2.30. The highest BCUT2D eigenvalue weighted by atomic mass is 16.5. The van der Waals surface area contributed by atoms with E-state index in [1.165, 1.54) is 0 Å². The van der Waals surface area contributed by atoms with Crippen LogP contribution in [0, 0.1) is 6.92 Å². The highest BCUT2D eigenvalue weighted by Gasteiger charge is 2.20. The fourth-order valence-corrected chi connectivity index (χ4v) is 3.55. The van der Waals surface area contributed by atoms with Gasteiger partial charge in [-0.25, -0.2) is 0 Å². The molecule has 3 aromatic carbocycles. The molecule has 0 bridgehead atoms. The topological polar surface area (TPSA) is 66.0 Å². The van der Waals surface area contributed by atoms with Gasteiger partial charge in [-0.3, -0.25) is 4.79 Å². The minimum Gasteiger partial charge on any atom is -0.497 e. The second-order valence-corrected chi connectivity index (χ2v) is 7.37. The van der Waals surface area contributed by atoms with Crippen LogP contribution in [-0.2, 0) is 6.42 Å². The molecule has 6 nitrogen and oxygen atoms in total. The smallest absolute Gasteiger partial charge is 0.252 e. The first-order valence-corrected chi connectivity index (χ1v) is 10.3. The van der Waals surface area contributed by atoms with Crippen LogP contribution in [0.15, 0.2) is 60.7 Å². The number of amides is 1. The van der Waals surface area contributed by atoms with Gasteiger partial charge < -0.3 is 24.3 Å². The Bertz CT molecular complexity index is 1050. The fourth-order valence-electron chi connectivity index (χ4n) is 3.55. The number of nitrogens with one attached hydrogen (secondary N) is 1. The molecule has 1 atom stereocenters. The summed E-state index contributed by atoms with van der Waals surface area (Å²) in [7, 11) is 6.40. The molecule has 3 rings (SSSR count). The van der Waals surface area contributed by atoms with Gasteiger partial charge in [-0.2, -0.15) is 0 Å². The minimum absolute atomic E-state index is 0.183. The Kier molecular flexibility index (Phi) is 7.60. The first kappa shape index (κ1) is 23.0. The van der Waals surface area contributed by atoms with E-state index >= 15 is 0 Å². The average Bonchev–Trinajstić information content (AvgIpc) is 2.83. The summed E-state index contributed by atoms with van der Waals surface area (Å²) >= 11 is 0. The molecule has 168 valence electrons. The van der Waals surface area contributed by atoms with Crippen LogP contribution < -0.4 is 24.3 Å². The Morgan fingerprint density at radius 1 is 0.781 bits per heavy atom. The lowest BCUT2D eigenvalue weighted by atomic mass is 9.97. The summed E-state index contributed by atoms with van der Waals surface area (Å²) in [5.41, 5.74) is 3.40. The van der Waals surface area contributed by atoms with E-state index in [-0.39, 0.29) is 11.9 Å². The molecule has 0 spiro atoms. The van der Waals surface area contributed by atoms with Gasteiger partial charge in [0.1, 0.15) is 11.5 Å². The normalized spacial score (nSPS) is 11.4. The maximum atomic E-state index is 13.3. The van der Waals surface area contributed by atoms with Crippen LogP contribution in [0.5, 0.6) is 23.0 Å². The van der Waals surface area contributed by atoms with E-state index in [0.29, 0.717) is 23.5 Å². The molecule has 0 saturated heterocycles. The monoisotopic (exact) mass is 435 g/mol. The van der Waals surface area contributed by atoms with Crippen LogP contribution >= 0.6 is 0 Å². The number of carbonyl (C=O) groups excluding carboxylic acids is 1. The molecule has 0 saturated carbocycles. The number of carbonyl (C=O) groups is 1. The zero-order valence-corrected chi connectivity index (χ0v) is 19.1. The molecule has 0 heterocycles. The molecule has 0 radical (unpaired) electrons. The van der Waals surface area contributed by atoms with Crippen molar-refractivity contribution in [3.63, 3.8) is 0 Å². The second-order valence-electron chi connectivity index (χ2n) is 7.37. The molecule has 0 aliphatic heterocycles. The van der Waals surface area contributed by atoms with Crippen LogP contribution in [0.3, 0.4) is 0 Å². The maximum Gasteiger partial charge on any atom is 0.252 e. The molecule has 1 unspecified atom stereocenters. The number of rotatable bonds is 9. The van der Waals surface area contributed by atoms with Crippen molar-refractivity contribution in [3.8, 4) is 23.0 Å². The van der Waals surface area contributed by atoms with E-state index in [0.717, 1.165) is 28.2 Å². The number of hydrogen-bond donors (Lipinski definition) is 1. The number of benzene rings is 3. The highest BCUT2D eigenvalue weighted by Crippen LogP contribution is 2.31. The van der Waals surface area contributed by atoms with Crippen LogP contribution in [-0.4, -0.2) is 34.3 Å². The average molecular weight is 436 g/mol. The van der Waals surface area contributed by atoms with Gasteiger partial charge in [0, 0.05) is 5.56 Å². The molecular formula is C26H29NO5. The van der Waals surface area contributed by atoms with Gasteiger partial charge in [0.2, 0.25) is 0 Å². The van der Waals surface area contributed by atoms with E-state index in [9.17, 15) is 4.79 Å². The minimum atomic E-state index is -0.241. The lowest BCUT2D eigenvalue weighted by Gasteiger charge is -2.21. The summed E-state index contributed by atoms with van der Waals surface area (Å²) < 4.78 is 21.3. The van der Waals surface area contributed by atoms with E-state index in [4.69, 9.17) is 18.9 Å². The van der Waals surface area contributed by atoms with Crippen molar-refractivity contribution in [2.24, 2.45) is 0 Å². The molecule has 32 heavy (non-hydrogen) atoms. The first-order chi connectivity index (χ1) is 15.5. The number of ether oxygens (including phenoxy) is 4. The largest absolute Gasteiger partial charge is 0.497 e. The molecule has 0 aliphatic carbocycles. The molecular weight excluding hydrogens is 406 g/mol. The van der Waals surface area contributed by atoms with Gasteiger partial charge in [-0.05, 0) is 66.4 Å². The molecule has 0 aliphatic rings. The number of hydrogen-bond acceptors (Lipinski definition) is 5. The lowest BCUT2D eigenvalue weighted by molar-refractivity contribution is 0.0935. The predicted octanol–water partition coefficient (Wildman–Crippen LogP) is 4.74. The van der Waals surface area contributed by atoms with E-state index < -0.39 is 0 Å². The van der Waals surface area contributed by atoms with Crippen molar-refractivity contribution >= 4 is 5.91 Å². The van der Waals surface area contributed by atoms with E-state index in [1.807, 2.05) is 55.5 Å². The molecule has 6 heteroatoms. The third-order valence-electron chi connectivity index (χ3n) is 5.40. The predicted molar refractivity (Wildman–Crippen MR) is 124 cm³/mol. The third kappa shape index (κ3) is 5.32. The number of aryl methyl sites for hydroxylation is 1. The zero-order valence-electron chi connectivity index (χ0n) is 19.1. The van der Waals surface area contributed by atoms with Crippen molar-refractivity contribution in [1.29, 1.82) is 0 Å². The summed E-state index contributed by atoms with van der Waals surface area (Å²) in [6.07, 6.45) is 0.619. The van der Waals surface area contributed by atoms with Crippen molar-refractivity contribution in [1.82, 2.24) is 5.32 Å². The van der Waals surface area contributed by atoms with Crippen molar-refractivity contribution in [2.75, 3.05) is 28.4 Å². The van der Waals surface area contributed by atoms with Crippen LogP contribution in [0.25, 0.3) is 0 Å². The third-order valence-corrected chi connectivity index (χ3v) is 5.40. The summed E-state index contributed by atoms with van der Waals surface area (Å²) in [5.74, 6) is 2.47. The molecule has 1 N–H and O–H groups in total. The number of methoxy groups -OCH3 is 4. The summed E-state index contributed by atoms with van der Waals surface area (Å²) in [5, 5.41) is 3.19. The van der Waals surface area contributed by atoms with Gasteiger partial charge in [0.25, 0.3) is 5.91 Å². The van der Waals surface area contributed by atoms with Crippen LogP contribution in [0.2, 0.25) is 0 Å². The Morgan fingerprint density at radius 2 is 1.31 bits per heavy atom. The molecule has 3 aromatic rings. The van der Waals surface area contributed by atoms with Gasteiger partial charge in [0.05, 0.1) is 34.5 Å². The van der Waals surface area contributed by atoms with E-state index in [1.54, 1.807) is 40.6 Å². The van der Waals surface area contributed by atoms with Crippen molar-refractivity contribution in [3.05, 3.63) is 82.9 Å². The summed E-state index contributed by atoms with van der Waals surface area (Å²) in [6, 6.07) is 18.8. The standard InChI is InChI=1S/C26H29NO5/c1-17-14-24(31-4)25(32-5)16-22(17)26(28)27-23(19-8-12-21(30-3)13-9-19)15-18-6-10-20(29-2)11-7-18/h6-14,16,23H,15H2,1-5H3,(H,27,28). The maximum absolute atomic E-state index is 13.3. The van der Waals surface area contributed by atoms with Gasteiger partial charge in [-0.15, -0.1) is 0 Å². The molecule has 1 amide bonds. The Labute approximate surface area is 189 Å². The molecule has 0 aromatic heterocycles. The van der Waals surface area contributed by atoms with Crippen molar-refractivity contribution in [2.45, 2.75) is 19.4 Å². The Hall–Kier alpha value is -3.67. The molecule has 0 fully saturated rings. The first-order valence-electron chi connectivity index (χ1n) is 10.3. The zero-order chi connectivity index (χ0) is 23.1. The summed E-state index contributed by atoms with van der Waals surface area (Å²) in [6.45, 7) is 1.88. The van der Waals surface area contributed by atoms with Gasteiger partial charge in [0.15, 0.2) is 11.5 Å². The van der Waals surface area contributed by atoms with Gasteiger partial charge >= 0.3 is 0 Å². The van der Waals surface area contributed by atoms with Crippen molar-refractivity contribution < 1.29 is 23.7 Å². The Morgan fingerprint density at radius 3 is 1.84 bits per heavy atom. The second kappa shape index (κ2) is 10.6. The van der Waals surface area contributed by atoms with Crippen LogP contribution in [0.1, 0.15) is 33.1 Å². The SMILES string of the molecule is COc1ccc(CC(NC(=O)c2cc(OC)c(OC)cc2C)c2ccc(OC)cc2)cc1. The van der Waals surface area contributed by atoms with Gasteiger partial charge in [-0.1, -0.05) is 24.3 Å². The quantitative estimate of drug-likeness (QED) is 0.526. The van der Waals surface area contributed by atoms with Crippen LogP contribution in [0.4, 0.5) is 0 Å².